The van der Waals surface area contributed by atoms with Gasteiger partial charge in [0.15, 0.2) is 9.84 Å². The summed E-state index contributed by atoms with van der Waals surface area (Å²) in [6.07, 6.45) is 1.07. The van der Waals surface area contributed by atoms with Crippen molar-refractivity contribution < 1.29 is 17.9 Å². The highest BCUT2D eigenvalue weighted by Crippen LogP contribution is 2.33. The summed E-state index contributed by atoms with van der Waals surface area (Å²) < 4.78 is 39.1. The Labute approximate surface area is 216 Å². The Morgan fingerprint density at radius 3 is 2.31 bits per heavy atom. The highest BCUT2D eigenvalue weighted by atomic mass is 35.5. The average molecular weight is 527 g/mol. The quantitative estimate of drug-likeness (QED) is 0.287. The highest BCUT2D eigenvalue weighted by molar-refractivity contribution is 7.90. The van der Waals surface area contributed by atoms with Crippen LogP contribution >= 0.6 is 11.6 Å². The molecule has 2 N–H and O–H groups in total. The van der Waals surface area contributed by atoms with Gasteiger partial charge in [0.25, 0.3) is 0 Å². The van der Waals surface area contributed by atoms with Crippen LogP contribution in [0, 0.1) is 12.7 Å². The van der Waals surface area contributed by atoms with E-state index >= 15 is 0 Å². The number of aliphatic hydroxyl groups is 1. The lowest BCUT2D eigenvalue weighted by Gasteiger charge is -2.18. The molecule has 8 heteroatoms. The van der Waals surface area contributed by atoms with Gasteiger partial charge in [-0.15, -0.1) is 0 Å². The number of rotatable bonds is 8. The Kier molecular flexibility index (Phi) is 7.54. The standard InChI is InChI=1S/C28H28ClFN2O3S/c1-18(33)14-25-15-21(17-31-24-9-11-26(12-10-24)36(3,34)35)19(2)32(25)28-13-6-22(29)16-27(28)20-4-7-23(30)8-5-20/h4-13,15-16,18,31,33H,14,17H2,1-3H3. The second-order valence-electron chi connectivity index (χ2n) is 8.95. The summed E-state index contributed by atoms with van der Waals surface area (Å²) in [6, 6.07) is 20.6. The van der Waals surface area contributed by atoms with Gasteiger partial charge in [-0.05, 0) is 85.6 Å². The van der Waals surface area contributed by atoms with Gasteiger partial charge in [0.1, 0.15) is 5.82 Å². The predicted molar refractivity (Wildman–Crippen MR) is 143 cm³/mol. The van der Waals surface area contributed by atoms with Crippen molar-refractivity contribution in [2.24, 2.45) is 0 Å². The first-order valence-corrected chi connectivity index (χ1v) is 13.8. The number of aromatic nitrogens is 1. The molecule has 1 heterocycles. The third-order valence-electron chi connectivity index (χ3n) is 6.05. The monoisotopic (exact) mass is 526 g/mol. The van der Waals surface area contributed by atoms with Crippen LogP contribution in [0.15, 0.2) is 77.7 Å². The molecule has 0 fully saturated rings. The number of nitrogens with one attached hydrogen (secondary N) is 1. The topological polar surface area (TPSA) is 71.3 Å². The molecule has 0 saturated heterocycles. The summed E-state index contributed by atoms with van der Waals surface area (Å²) in [6.45, 7) is 4.26. The minimum absolute atomic E-state index is 0.269. The van der Waals surface area contributed by atoms with Crippen molar-refractivity contribution in [1.29, 1.82) is 0 Å². The number of sulfone groups is 1. The molecule has 1 aromatic heterocycles. The van der Waals surface area contributed by atoms with Crippen LogP contribution in [-0.2, 0) is 22.8 Å². The number of hydrogen-bond acceptors (Lipinski definition) is 4. The van der Waals surface area contributed by atoms with Crippen LogP contribution in [0.1, 0.15) is 23.9 Å². The highest BCUT2D eigenvalue weighted by Gasteiger charge is 2.18. The van der Waals surface area contributed by atoms with Crippen molar-refractivity contribution in [3.8, 4) is 16.8 Å². The fourth-order valence-electron chi connectivity index (χ4n) is 4.28. The Balaban J connectivity index is 1.73. The molecule has 0 amide bonds. The van der Waals surface area contributed by atoms with Gasteiger partial charge in [-0.3, -0.25) is 0 Å². The van der Waals surface area contributed by atoms with Crippen LogP contribution in [0.5, 0.6) is 0 Å². The lowest BCUT2D eigenvalue weighted by atomic mass is 10.0. The summed E-state index contributed by atoms with van der Waals surface area (Å²) in [4.78, 5) is 0.269. The average Bonchev–Trinajstić information content (AvgIpc) is 3.12. The number of benzene rings is 3. The summed E-state index contributed by atoms with van der Waals surface area (Å²) in [5, 5.41) is 14.1. The lowest BCUT2D eigenvalue weighted by Crippen LogP contribution is -2.11. The summed E-state index contributed by atoms with van der Waals surface area (Å²) >= 11 is 6.34. The second kappa shape index (κ2) is 10.5. The van der Waals surface area contributed by atoms with Gasteiger partial charge in [-0.1, -0.05) is 23.7 Å². The molecule has 0 aliphatic rings. The molecule has 4 rings (SSSR count). The van der Waals surface area contributed by atoms with Gasteiger partial charge in [-0.25, -0.2) is 12.8 Å². The molecule has 1 atom stereocenters. The number of hydrogen-bond donors (Lipinski definition) is 2. The molecule has 188 valence electrons. The van der Waals surface area contributed by atoms with Crippen molar-refractivity contribution in [1.82, 2.24) is 4.57 Å². The molecule has 4 aromatic rings. The number of anilines is 1. The van der Waals surface area contributed by atoms with E-state index in [-0.39, 0.29) is 10.7 Å². The van der Waals surface area contributed by atoms with E-state index in [0.717, 1.165) is 39.5 Å². The smallest absolute Gasteiger partial charge is 0.175 e. The predicted octanol–water partition coefficient (Wildman–Crippen LogP) is 6.18. The van der Waals surface area contributed by atoms with E-state index in [1.54, 1.807) is 43.3 Å². The second-order valence-corrected chi connectivity index (χ2v) is 11.4. The zero-order valence-corrected chi connectivity index (χ0v) is 21.9. The van der Waals surface area contributed by atoms with Crippen LogP contribution in [0.2, 0.25) is 5.02 Å². The normalized spacial score (nSPS) is 12.5. The van der Waals surface area contributed by atoms with E-state index in [1.807, 2.05) is 25.1 Å². The molecular weight excluding hydrogens is 499 g/mol. The molecule has 0 spiro atoms. The van der Waals surface area contributed by atoms with Crippen LogP contribution < -0.4 is 5.32 Å². The number of nitrogens with zero attached hydrogens (tertiary/aromatic N) is 1. The third kappa shape index (κ3) is 5.81. The van der Waals surface area contributed by atoms with Gasteiger partial charge < -0.3 is 15.0 Å². The molecule has 0 saturated carbocycles. The summed E-state index contributed by atoms with van der Waals surface area (Å²) in [5.41, 5.74) is 6.29. The first-order valence-electron chi connectivity index (χ1n) is 11.5. The first kappa shape index (κ1) is 25.9. The Bertz CT molecular complexity index is 1480. The Morgan fingerprint density at radius 2 is 1.69 bits per heavy atom. The molecule has 36 heavy (non-hydrogen) atoms. The number of halogens is 2. The number of aliphatic hydroxyl groups excluding tert-OH is 1. The van der Waals surface area contributed by atoms with Gasteiger partial charge in [-0.2, -0.15) is 0 Å². The third-order valence-corrected chi connectivity index (χ3v) is 7.42. The minimum atomic E-state index is -3.26. The first-order chi connectivity index (χ1) is 17.0. The van der Waals surface area contributed by atoms with Crippen LogP contribution in [0.3, 0.4) is 0 Å². The summed E-state index contributed by atoms with van der Waals surface area (Å²) in [7, 11) is -3.26. The van der Waals surface area contributed by atoms with Gasteiger partial charge in [0.05, 0.1) is 16.7 Å². The molecule has 1 unspecified atom stereocenters. The van der Waals surface area contributed by atoms with E-state index in [4.69, 9.17) is 11.6 Å². The minimum Gasteiger partial charge on any atom is -0.393 e. The van der Waals surface area contributed by atoms with Gasteiger partial charge in [0.2, 0.25) is 0 Å². The SMILES string of the molecule is Cc1c(CNc2ccc(S(C)(=O)=O)cc2)cc(CC(C)O)n1-c1ccc(Cl)cc1-c1ccc(F)cc1. The Hall–Kier alpha value is -3.13. The molecule has 3 aromatic carbocycles. The fourth-order valence-corrected chi connectivity index (χ4v) is 5.08. The van der Waals surface area contributed by atoms with Crippen molar-refractivity contribution >= 4 is 27.1 Å². The molecule has 0 aliphatic heterocycles. The lowest BCUT2D eigenvalue weighted by molar-refractivity contribution is 0.193. The zero-order chi connectivity index (χ0) is 26.0. The molecular formula is C28H28ClFN2O3S. The van der Waals surface area contributed by atoms with E-state index < -0.39 is 15.9 Å². The van der Waals surface area contributed by atoms with Crippen molar-refractivity contribution in [3.05, 3.63) is 101 Å². The molecule has 0 bridgehead atoms. The fraction of sp³-hybridized carbons (Fsp3) is 0.214. The van der Waals surface area contributed by atoms with Gasteiger partial charge in [0, 0.05) is 46.9 Å². The van der Waals surface area contributed by atoms with E-state index in [0.29, 0.717) is 18.0 Å². The maximum absolute atomic E-state index is 13.6. The van der Waals surface area contributed by atoms with E-state index in [9.17, 15) is 17.9 Å². The van der Waals surface area contributed by atoms with E-state index in [2.05, 4.69) is 16.0 Å². The summed E-state index contributed by atoms with van der Waals surface area (Å²) in [5.74, 6) is -0.313. The van der Waals surface area contributed by atoms with Crippen molar-refractivity contribution in [2.75, 3.05) is 11.6 Å². The van der Waals surface area contributed by atoms with Crippen LogP contribution in [-0.4, -0.2) is 30.5 Å². The largest absolute Gasteiger partial charge is 0.393 e. The zero-order valence-electron chi connectivity index (χ0n) is 20.3. The van der Waals surface area contributed by atoms with E-state index in [1.165, 1.54) is 18.4 Å². The molecule has 5 nitrogen and oxygen atoms in total. The van der Waals surface area contributed by atoms with Crippen molar-refractivity contribution in [3.63, 3.8) is 0 Å². The molecule has 0 aliphatic carbocycles. The molecule has 0 radical (unpaired) electrons. The van der Waals surface area contributed by atoms with Gasteiger partial charge >= 0.3 is 0 Å². The van der Waals surface area contributed by atoms with Crippen LogP contribution in [0.25, 0.3) is 16.8 Å². The maximum Gasteiger partial charge on any atom is 0.175 e. The maximum atomic E-state index is 13.6. The van der Waals surface area contributed by atoms with Crippen molar-refractivity contribution in [2.45, 2.75) is 37.8 Å². The Morgan fingerprint density at radius 1 is 1.03 bits per heavy atom. The van der Waals surface area contributed by atoms with Crippen LogP contribution in [0.4, 0.5) is 10.1 Å².